The van der Waals surface area contributed by atoms with Crippen LogP contribution in [0.1, 0.15) is 38.1 Å². The van der Waals surface area contributed by atoms with Crippen LogP contribution in [0, 0.1) is 11.6 Å². The van der Waals surface area contributed by atoms with Crippen molar-refractivity contribution in [3.63, 3.8) is 0 Å². The van der Waals surface area contributed by atoms with Crippen molar-refractivity contribution >= 4 is 69.8 Å². The Hall–Kier alpha value is -5.19. The van der Waals surface area contributed by atoms with Gasteiger partial charge < -0.3 is 10.0 Å². The highest BCUT2D eigenvalue weighted by Gasteiger charge is 2.20. The van der Waals surface area contributed by atoms with Crippen molar-refractivity contribution in [3.05, 3.63) is 125 Å². The lowest BCUT2D eigenvalue weighted by molar-refractivity contribution is 0.425. The van der Waals surface area contributed by atoms with Crippen molar-refractivity contribution in [3.8, 4) is 34.0 Å². The normalized spacial score (nSPS) is 11.0. The van der Waals surface area contributed by atoms with Crippen molar-refractivity contribution in [2.24, 2.45) is 14.1 Å². The summed E-state index contributed by atoms with van der Waals surface area (Å²) in [5.74, 6) is 0.504. The fourth-order valence-electron chi connectivity index (χ4n) is 6.43. The molecule has 10 nitrogen and oxygen atoms in total. The maximum absolute atomic E-state index is 13.4. The van der Waals surface area contributed by atoms with E-state index in [4.69, 9.17) is 36.7 Å². The highest BCUT2D eigenvalue weighted by Crippen LogP contribution is 2.32. The Kier molecular flexibility index (Phi) is 15.1. The van der Waals surface area contributed by atoms with Gasteiger partial charge in [0.25, 0.3) is 0 Å². The summed E-state index contributed by atoms with van der Waals surface area (Å²) in [6.07, 6.45) is 7.67. The van der Waals surface area contributed by atoms with E-state index in [0.29, 0.717) is 22.3 Å². The summed E-state index contributed by atoms with van der Waals surface area (Å²) in [5, 5.41) is 27.0. The molecule has 0 unspecified atom stereocenters. The van der Waals surface area contributed by atoms with Crippen LogP contribution in [0.2, 0.25) is 5.15 Å². The minimum Gasteiger partial charge on any atom is -0.423 e. The zero-order valence-corrected chi connectivity index (χ0v) is 36.5. The summed E-state index contributed by atoms with van der Waals surface area (Å²) >= 11 is 9.61. The fraction of sp³-hybridized carbons (Fsp3) is 0.227. The summed E-state index contributed by atoms with van der Waals surface area (Å²) in [5.41, 5.74) is 9.05. The molecule has 4 aromatic carbocycles. The summed E-state index contributed by atoms with van der Waals surface area (Å²) in [6.45, 7) is 4.22. The van der Waals surface area contributed by atoms with E-state index in [9.17, 15) is 8.78 Å². The molecule has 4 aromatic heterocycles. The van der Waals surface area contributed by atoms with Crippen LogP contribution in [-0.2, 0) is 26.9 Å². The Morgan fingerprint density at radius 1 is 0.583 bits per heavy atom. The third-order valence-electron chi connectivity index (χ3n) is 9.42. The lowest BCUT2D eigenvalue weighted by atomic mass is 9.81. The van der Waals surface area contributed by atoms with E-state index in [0.717, 1.165) is 86.4 Å². The summed E-state index contributed by atoms with van der Waals surface area (Å²) in [4.78, 5) is 20.9. The first kappa shape index (κ1) is 44.4. The number of fused-ring (bicyclic) bond motifs is 2. The molecule has 0 amide bonds. The summed E-state index contributed by atoms with van der Waals surface area (Å²) in [6, 6.07) is 27.8. The first-order valence-electron chi connectivity index (χ1n) is 19.2. The third-order valence-corrected chi connectivity index (χ3v) is 11.2. The molecule has 0 bridgehead atoms. The second-order valence-corrected chi connectivity index (χ2v) is 15.8. The minimum absolute atomic E-state index is 0.272. The van der Waals surface area contributed by atoms with Gasteiger partial charge in [-0.05, 0) is 104 Å². The quantitative estimate of drug-likeness (QED) is 0.0780. The van der Waals surface area contributed by atoms with Gasteiger partial charge in [-0.1, -0.05) is 62.6 Å². The monoisotopic (exact) mass is 864 g/mol. The Morgan fingerprint density at radius 3 is 1.45 bits per heavy atom. The fourth-order valence-corrected chi connectivity index (χ4v) is 7.54. The number of hydrogen-bond acceptors (Lipinski definition) is 10. The van der Waals surface area contributed by atoms with Crippen LogP contribution >= 0.6 is 35.1 Å². The average Bonchev–Trinajstić information content (AvgIpc) is 3.76. The van der Waals surface area contributed by atoms with Gasteiger partial charge in [-0.15, -0.1) is 23.5 Å². The van der Waals surface area contributed by atoms with Crippen molar-refractivity contribution in [1.29, 1.82) is 0 Å². The van der Waals surface area contributed by atoms with Gasteiger partial charge in [-0.25, -0.2) is 28.7 Å². The van der Waals surface area contributed by atoms with Crippen molar-refractivity contribution < 1.29 is 18.8 Å². The standard InChI is InChI=1S/C22H21FN4S.C15H14ClFN4.C7H9BO2S/c1-4-5-18-20-21(27(2)26-18)19(14-8-12-17(28-3)13-9-14)24-22(25-20)15-6-10-16(23)11-7-15;1-3-4-11-12-13(21(2)20-11)14(16)19-15(18-12)9-5-7-10(17)8-6-9;1-11-7-4-2-6(3-5-7)8(9)10/h6-13H,4-5H2,1-3H3;5-8H,3-4H2,1-2H3;2-5,9-10H,1H3. The molecule has 8 rings (SSSR count). The lowest BCUT2D eigenvalue weighted by Gasteiger charge is -2.09. The van der Waals surface area contributed by atoms with Crippen LogP contribution in [0.15, 0.2) is 107 Å². The Labute approximate surface area is 361 Å². The van der Waals surface area contributed by atoms with E-state index < -0.39 is 7.12 Å². The predicted octanol–water partition coefficient (Wildman–Crippen LogP) is 9.37. The molecule has 0 atom stereocenters. The second kappa shape index (κ2) is 20.4. The molecule has 0 fully saturated rings. The van der Waals surface area contributed by atoms with Gasteiger partial charge in [-0.3, -0.25) is 9.36 Å². The van der Waals surface area contributed by atoms with Gasteiger partial charge >= 0.3 is 7.12 Å². The van der Waals surface area contributed by atoms with Crippen molar-refractivity contribution in [2.45, 2.75) is 49.3 Å². The number of benzene rings is 4. The van der Waals surface area contributed by atoms with Gasteiger partial charge in [0.1, 0.15) is 39.4 Å². The number of nitrogens with zero attached hydrogens (tertiary/aromatic N) is 8. The first-order chi connectivity index (χ1) is 28.9. The summed E-state index contributed by atoms with van der Waals surface area (Å²) < 4.78 is 30.0. The van der Waals surface area contributed by atoms with Gasteiger partial charge in [0.15, 0.2) is 16.8 Å². The minimum atomic E-state index is -1.36. The molecule has 16 heteroatoms. The third kappa shape index (κ3) is 10.4. The van der Waals surface area contributed by atoms with E-state index in [1.54, 1.807) is 64.6 Å². The smallest absolute Gasteiger partial charge is 0.423 e. The zero-order valence-electron chi connectivity index (χ0n) is 34.1. The van der Waals surface area contributed by atoms with E-state index in [1.165, 1.54) is 29.2 Å². The molecular weight excluding hydrogens is 821 g/mol. The number of hydrogen-bond donors (Lipinski definition) is 2. The number of rotatable bonds is 10. The summed E-state index contributed by atoms with van der Waals surface area (Å²) in [7, 11) is 2.40. The average molecular weight is 865 g/mol. The van der Waals surface area contributed by atoms with Crippen LogP contribution < -0.4 is 5.46 Å². The highest BCUT2D eigenvalue weighted by molar-refractivity contribution is 7.98. The van der Waals surface area contributed by atoms with Crippen LogP contribution in [0.3, 0.4) is 0 Å². The number of aryl methyl sites for hydroxylation is 4. The topological polar surface area (TPSA) is 128 Å². The number of aromatic nitrogens is 8. The SMILES string of the molecule is CCCc1nn(C)c2c(-c3ccc(SC)cc3)nc(-c3ccc(F)cc3)nc12.CCCc1nn(C)c2c(Cl)nc(-c3ccc(F)cc3)nc12.CSc1ccc(B(O)O)cc1. The van der Waals surface area contributed by atoms with Gasteiger partial charge in [0, 0.05) is 40.6 Å². The molecule has 308 valence electrons. The van der Waals surface area contributed by atoms with E-state index >= 15 is 0 Å². The van der Waals surface area contributed by atoms with Crippen LogP contribution in [-0.4, -0.2) is 69.2 Å². The molecular formula is C44H44BClF2N8O2S2. The van der Waals surface area contributed by atoms with Crippen LogP contribution in [0.5, 0.6) is 0 Å². The molecule has 0 aliphatic rings. The zero-order chi connectivity index (χ0) is 42.9. The number of thioether (sulfide) groups is 2. The second-order valence-electron chi connectivity index (χ2n) is 13.7. The van der Waals surface area contributed by atoms with E-state index in [2.05, 4.69) is 59.4 Å². The van der Waals surface area contributed by atoms with Gasteiger partial charge in [-0.2, -0.15) is 10.2 Å². The van der Waals surface area contributed by atoms with E-state index in [-0.39, 0.29) is 11.6 Å². The highest BCUT2D eigenvalue weighted by atomic mass is 35.5. The van der Waals surface area contributed by atoms with Crippen molar-refractivity contribution in [2.75, 3.05) is 12.5 Å². The molecule has 0 spiro atoms. The lowest BCUT2D eigenvalue weighted by Crippen LogP contribution is -2.29. The molecule has 0 radical (unpaired) electrons. The molecule has 8 aromatic rings. The molecule has 0 aliphatic heterocycles. The Balaban J connectivity index is 0.000000166. The molecule has 0 saturated heterocycles. The maximum Gasteiger partial charge on any atom is 0.488 e. The maximum atomic E-state index is 13.4. The largest absolute Gasteiger partial charge is 0.488 e. The van der Waals surface area contributed by atoms with Crippen molar-refractivity contribution in [1.82, 2.24) is 39.5 Å². The molecule has 2 N–H and O–H groups in total. The number of halogens is 3. The first-order valence-corrected chi connectivity index (χ1v) is 22.1. The Morgan fingerprint density at radius 2 is 1.00 bits per heavy atom. The van der Waals surface area contributed by atoms with Crippen LogP contribution in [0.4, 0.5) is 8.78 Å². The van der Waals surface area contributed by atoms with E-state index in [1.807, 2.05) is 37.2 Å². The molecule has 0 aliphatic carbocycles. The molecule has 60 heavy (non-hydrogen) atoms. The molecule has 4 heterocycles. The Bertz CT molecular complexity index is 2680. The predicted molar refractivity (Wildman–Crippen MR) is 242 cm³/mol. The van der Waals surface area contributed by atoms with Gasteiger partial charge in [0.05, 0.1) is 11.4 Å². The van der Waals surface area contributed by atoms with Gasteiger partial charge in [0.2, 0.25) is 0 Å². The van der Waals surface area contributed by atoms with Crippen LogP contribution in [0.25, 0.3) is 56.1 Å². The molecule has 0 saturated carbocycles.